The molecule has 9 nitrogen and oxygen atoms in total. The number of carbonyl (C=O) groups is 1. The zero-order valence-corrected chi connectivity index (χ0v) is 20.2. The van der Waals surface area contributed by atoms with E-state index in [2.05, 4.69) is 46.0 Å². The lowest BCUT2D eigenvalue weighted by Gasteiger charge is -2.36. The fourth-order valence-corrected chi connectivity index (χ4v) is 4.49. The highest BCUT2D eigenvalue weighted by atomic mass is 16.2. The molecule has 1 saturated heterocycles. The molecular formula is C26H32N6O3. The lowest BCUT2D eigenvalue weighted by atomic mass is 10.2. The second-order valence-electron chi connectivity index (χ2n) is 8.81. The highest BCUT2D eigenvalue weighted by Gasteiger charge is 2.26. The van der Waals surface area contributed by atoms with Crippen LogP contribution in [0.5, 0.6) is 0 Å². The van der Waals surface area contributed by atoms with Crippen LogP contribution in [0, 0.1) is 6.92 Å². The third-order valence-electron chi connectivity index (χ3n) is 6.38. The zero-order valence-electron chi connectivity index (χ0n) is 20.2. The molecule has 0 saturated carbocycles. The quantitative estimate of drug-likeness (QED) is 0.537. The van der Waals surface area contributed by atoms with Crippen molar-refractivity contribution in [2.75, 3.05) is 54.8 Å². The molecule has 1 fully saturated rings. The van der Waals surface area contributed by atoms with Gasteiger partial charge >= 0.3 is 5.69 Å². The summed E-state index contributed by atoms with van der Waals surface area (Å²) in [7, 11) is 0. The molecular weight excluding hydrogens is 444 g/mol. The van der Waals surface area contributed by atoms with Crippen LogP contribution in [0.15, 0.2) is 64.2 Å². The fourth-order valence-electron chi connectivity index (χ4n) is 4.49. The first-order valence-corrected chi connectivity index (χ1v) is 11.9. The lowest BCUT2D eigenvalue weighted by molar-refractivity contribution is -0.119. The Morgan fingerprint density at radius 2 is 1.74 bits per heavy atom. The van der Waals surface area contributed by atoms with E-state index in [0.717, 1.165) is 31.7 Å². The fraction of sp³-hybridized carbons (Fsp3) is 0.346. The molecule has 1 aliphatic rings. The molecule has 3 aromatic rings. The van der Waals surface area contributed by atoms with Gasteiger partial charge in [0.15, 0.2) is 5.69 Å². The maximum Gasteiger partial charge on any atom is 0.330 e. The van der Waals surface area contributed by atoms with Crippen LogP contribution in [-0.4, -0.2) is 59.6 Å². The molecule has 1 amide bonds. The average Bonchev–Trinajstić information content (AvgIpc) is 2.85. The summed E-state index contributed by atoms with van der Waals surface area (Å²) in [6, 6.07) is 17.8. The monoisotopic (exact) mass is 476 g/mol. The Bertz CT molecular complexity index is 1290. The van der Waals surface area contributed by atoms with Crippen LogP contribution >= 0.6 is 0 Å². The first kappa shape index (κ1) is 24.3. The van der Waals surface area contributed by atoms with Crippen LogP contribution < -0.4 is 26.8 Å². The molecule has 0 spiro atoms. The van der Waals surface area contributed by atoms with Gasteiger partial charge < -0.3 is 15.5 Å². The van der Waals surface area contributed by atoms with Crippen molar-refractivity contribution < 1.29 is 4.79 Å². The van der Waals surface area contributed by atoms with Gasteiger partial charge in [-0.3, -0.25) is 24.0 Å². The molecule has 1 aliphatic heterocycles. The van der Waals surface area contributed by atoms with Crippen molar-refractivity contribution in [2.45, 2.75) is 20.4 Å². The molecule has 9 heteroatoms. The summed E-state index contributed by atoms with van der Waals surface area (Å²) in [6.45, 7) is 7.59. The van der Waals surface area contributed by atoms with Gasteiger partial charge in [-0.25, -0.2) is 4.79 Å². The number of aromatic amines is 1. The summed E-state index contributed by atoms with van der Waals surface area (Å²) in [5.74, 6) is -0.235. The maximum absolute atomic E-state index is 13.3. The van der Waals surface area contributed by atoms with E-state index < -0.39 is 11.2 Å². The predicted molar refractivity (Wildman–Crippen MR) is 139 cm³/mol. The predicted octanol–water partition coefficient (Wildman–Crippen LogP) is 1.65. The molecule has 35 heavy (non-hydrogen) atoms. The molecule has 0 atom stereocenters. The van der Waals surface area contributed by atoms with E-state index in [1.807, 2.05) is 30.3 Å². The normalized spacial score (nSPS) is 14.2. The van der Waals surface area contributed by atoms with Crippen molar-refractivity contribution in [1.82, 2.24) is 14.5 Å². The molecule has 0 radical (unpaired) electrons. The Balaban J connectivity index is 1.49. The first-order chi connectivity index (χ1) is 16.9. The molecule has 0 aliphatic carbocycles. The molecule has 0 bridgehead atoms. The number of hydrogen-bond acceptors (Lipinski definition) is 6. The van der Waals surface area contributed by atoms with Crippen molar-refractivity contribution >= 4 is 23.1 Å². The molecule has 184 valence electrons. The van der Waals surface area contributed by atoms with E-state index in [9.17, 15) is 14.4 Å². The standard InChI is InChI=1S/C26H32N6O3/c1-3-31(22(33)18-29-12-14-30(15-13-29)21-11-7-8-19(2)16-21)23-24(27)32(26(35)28-25(23)34)17-20-9-5-4-6-10-20/h4-11,16H,3,12-15,17-18,27H2,1-2H3,(H,28,34,35). The number of nitrogen functional groups attached to an aromatic ring is 1. The van der Waals surface area contributed by atoms with Gasteiger partial charge in [0.2, 0.25) is 5.91 Å². The number of anilines is 3. The number of benzene rings is 2. The zero-order chi connectivity index (χ0) is 24.9. The number of piperazine rings is 1. The summed E-state index contributed by atoms with van der Waals surface area (Å²) >= 11 is 0. The van der Waals surface area contributed by atoms with Crippen molar-refractivity contribution in [3.63, 3.8) is 0 Å². The molecule has 1 aromatic heterocycles. The third kappa shape index (κ3) is 5.46. The number of hydrogen-bond donors (Lipinski definition) is 2. The van der Waals surface area contributed by atoms with Crippen molar-refractivity contribution in [1.29, 1.82) is 0 Å². The second-order valence-corrected chi connectivity index (χ2v) is 8.81. The Labute approximate surface area is 204 Å². The van der Waals surface area contributed by atoms with E-state index in [4.69, 9.17) is 5.73 Å². The van der Waals surface area contributed by atoms with E-state index in [-0.39, 0.29) is 37.0 Å². The topological polar surface area (TPSA) is 108 Å². The van der Waals surface area contributed by atoms with Gasteiger partial charge in [-0.05, 0) is 37.1 Å². The summed E-state index contributed by atoms with van der Waals surface area (Å²) in [4.78, 5) is 46.6. The second kappa shape index (κ2) is 10.6. The molecule has 2 heterocycles. The largest absolute Gasteiger partial charge is 0.383 e. The number of nitrogens with one attached hydrogen (secondary N) is 1. The number of aromatic nitrogens is 2. The number of amides is 1. The Morgan fingerprint density at radius 3 is 2.40 bits per heavy atom. The van der Waals surface area contributed by atoms with Gasteiger partial charge in [0.05, 0.1) is 13.1 Å². The van der Waals surface area contributed by atoms with Gasteiger partial charge in [-0.15, -0.1) is 0 Å². The summed E-state index contributed by atoms with van der Waals surface area (Å²) in [5, 5.41) is 0. The van der Waals surface area contributed by atoms with Crippen LogP contribution in [-0.2, 0) is 11.3 Å². The van der Waals surface area contributed by atoms with Crippen LogP contribution in [0.1, 0.15) is 18.1 Å². The first-order valence-electron chi connectivity index (χ1n) is 11.9. The van der Waals surface area contributed by atoms with Gasteiger partial charge in [0, 0.05) is 38.4 Å². The average molecular weight is 477 g/mol. The number of likely N-dealkylation sites (N-methyl/N-ethyl adjacent to an activating group) is 1. The van der Waals surface area contributed by atoms with E-state index in [1.165, 1.54) is 20.7 Å². The summed E-state index contributed by atoms with van der Waals surface area (Å²) < 4.78 is 1.29. The van der Waals surface area contributed by atoms with Crippen LogP contribution in [0.2, 0.25) is 0 Å². The number of nitrogens with zero attached hydrogens (tertiary/aromatic N) is 4. The molecule has 3 N–H and O–H groups in total. The number of aryl methyl sites for hydroxylation is 1. The van der Waals surface area contributed by atoms with Crippen LogP contribution in [0.25, 0.3) is 0 Å². The molecule has 2 aromatic carbocycles. The SMILES string of the molecule is CCN(C(=O)CN1CCN(c2cccc(C)c2)CC1)c1c(N)n(Cc2ccccc2)c(=O)[nH]c1=O. The van der Waals surface area contributed by atoms with Gasteiger partial charge in [-0.2, -0.15) is 0 Å². The van der Waals surface area contributed by atoms with Crippen molar-refractivity contribution in [3.05, 3.63) is 86.6 Å². The highest BCUT2D eigenvalue weighted by Crippen LogP contribution is 2.20. The minimum atomic E-state index is -0.656. The van der Waals surface area contributed by atoms with E-state index in [0.29, 0.717) is 0 Å². The Morgan fingerprint density at radius 1 is 1.03 bits per heavy atom. The smallest absolute Gasteiger partial charge is 0.330 e. The van der Waals surface area contributed by atoms with Crippen molar-refractivity contribution in [3.8, 4) is 0 Å². The van der Waals surface area contributed by atoms with Crippen molar-refractivity contribution in [2.24, 2.45) is 0 Å². The Hall–Kier alpha value is -3.85. The Kier molecular flexibility index (Phi) is 7.36. The number of nitrogens with two attached hydrogens (primary N) is 1. The lowest BCUT2D eigenvalue weighted by Crippen LogP contribution is -2.51. The van der Waals surface area contributed by atoms with E-state index >= 15 is 0 Å². The highest BCUT2D eigenvalue weighted by molar-refractivity contribution is 5.96. The number of carbonyl (C=O) groups excluding carboxylic acids is 1. The van der Waals surface area contributed by atoms with Gasteiger partial charge in [0.25, 0.3) is 5.56 Å². The molecule has 4 rings (SSSR count). The minimum Gasteiger partial charge on any atom is -0.383 e. The number of H-pyrrole nitrogens is 1. The third-order valence-corrected chi connectivity index (χ3v) is 6.38. The minimum absolute atomic E-state index is 0.0120. The van der Waals surface area contributed by atoms with Gasteiger partial charge in [-0.1, -0.05) is 42.5 Å². The van der Waals surface area contributed by atoms with E-state index in [1.54, 1.807) is 6.92 Å². The van der Waals surface area contributed by atoms with Crippen LogP contribution in [0.4, 0.5) is 17.2 Å². The van der Waals surface area contributed by atoms with Crippen LogP contribution in [0.3, 0.4) is 0 Å². The summed E-state index contributed by atoms with van der Waals surface area (Å²) in [5.41, 5.74) is 8.33. The summed E-state index contributed by atoms with van der Waals surface area (Å²) in [6.07, 6.45) is 0. The number of rotatable bonds is 7. The maximum atomic E-state index is 13.3. The van der Waals surface area contributed by atoms with Gasteiger partial charge in [0.1, 0.15) is 5.82 Å². The molecule has 0 unspecified atom stereocenters.